The van der Waals surface area contributed by atoms with Gasteiger partial charge in [0.25, 0.3) is 0 Å². The van der Waals surface area contributed by atoms with Crippen LogP contribution in [0.25, 0.3) is 0 Å². The van der Waals surface area contributed by atoms with Gasteiger partial charge in [-0.3, -0.25) is 0 Å². The van der Waals surface area contributed by atoms with Crippen LogP contribution in [-0.4, -0.2) is 24.3 Å². The minimum atomic E-state index is -0.387. The van der Waals surface area contributed by atoms with Gasteiger partial charge in [-0.1, -0.05) is 18.2 Å². The fourth-order valence-electron chi connectivity index (χ4n) is 1.73. The summed E-state index contributed by atoms with van der Waals surface area (Å²) in [5, 5.41) is 0. The van der Waals surface area contributed by atoms with Crippen molar-refractivity contribution in [3.05, 3.63) is 30.3 Å². The van der Waals surface area contributed by atoms with Crippen molar-refractivity contribution in [3.8, 4) is 0 Å². The van der Waals surface area contributed by atoms with E-state index >= 15 is 0 Å². The predicted molar refractivity (Wildman–Crippen MR) is 66.7 cm³/mol. The summed E-state index contributed by atoms with van der Waals surface area (Å²) in [6.07, 6.45) is 1.30. The average molecular weight is 238 g/mol. The molecular weight excluding hydrogens is 220 g/mol. The number of benzene rings is 1. The first-order valence-electron chi connectivity index (χ1n) is 5.65. The quantitative estimate of drug-likeness (QED) is 0.750. The summed E-state index contributed by atoms with van der Waals surface area (Å²) in [4.78, 5) is 1.32. The molecule has 1 aliphatic heterocycles. The second kappa shape index (κ2) is 5.21. The number of hydrogen-bond donors (Lipinski definition) is 0. The largest absolute Gasteiger partial charge is 0.348 e. The number of ether oxygens (including phenoxy) is 2. The Morgan fingerprint density at radius 2 is 2.06 bits per heavy atom. The van der Waals surface area contributed by atoms with Gasteiger partial charge in [0.2, 0.25) is 0 Å². The maximum atomic E-state index is 5.75. The summed E-state index contributed by atoms with van der Waals surface area (Å²) in [6, 6.07) is 10.5. The Kier molecular flexibility index (Phi) is 3.90. The van der Waals surface area contributed by atoms with Gasteiger partial charge in [-0.05, 0) is 32.4 Å². The molecule has 0 unspecified atom stereocenters. The molecule has 1 aliphatic rings. The van der Waals surface area contributed by atoms with Gasteiger partial charge in [0, 0.05) is 10.6 Å². The Bertz CT molecular complexity index is 324. The van der Waals surface area contributed by atoms with E-state index < -0.39 is 0 Å². The lowest BCUT2D eigenvalue weighted by Gasteiger charge is -2.16. The highest BCUT2D eigenvalue weighted by Gasteiger charge is 2.31. The molecule has 1 atom stereocenters. The van der Waals surface area contributed by atoms with E-state index in [1.807, 2.05) is 31.7 Å². The zero-order valence-corrected chi connectivity index (χ0v) is 10.6. The third kappa shape index (κ3) is 3.51. The molecule has 1 saturated heterocycles. The van der Waals surface area contributed by atoms with Gasteiger partial charge in [0.15, 0.2) is 5.79 Å². The molecule has 1 aromatic rings. The predicted octanol–water partition coefficient (Wildman–Crippen LogP) is 3.32. The van der Waals surface area contributed by atoms with E-state index in [1.165, 1.54) is 4.90 Å². The van der Waals surface area contributed by atoms with E-state index in [9.17, 15) is 0 Å². The summed E-state index contributed by atoms with van der Waals surface area (Å²) in [6.45, 7) is 4.66. The minimum Gasteiger partial charge on any atom is -0.348 e. The SMILES string of the molecule is CC1(C)OC[C@H](CCSc2ccccc2)O1. The normalized spacial score (nSPS) is 23.5. The highest BCUT2D eigenvalue weighted by atomic mass is 32.2. The maximum absolute atomic E-state index is 5.75. The fraction of sp³-hybridized carbons (Fsp3) is 0.538. The van der Waals surface area contributed by atoms with Crippen LogP contribution in [0.4, 0.5) is 0 Å². The van der Waals surface area contributed by atoms with Crippen molar-refractivity contribution in [1.29, 1.82) is 0 Å². The minimum absolute atomic E-state index is 0.256. The van der Waals surface area contributed by atoms with Gasteiger partial charge in [0.05, 0.1) is 12.7 Å². The molecule has 0 bridgehead atoms. The molecule has 0 spiro atoms. The monoisotopic (exact) mass is 238 g/mol. The number of thioether (sulfide) groups is 1. The van der Waals surface area contributed by atoms with Crippen molar-refractivity contribution >= 4 is 11.8 Å². The highest BCUT2D eigenvalue weighted by molar-refractivity contribution is 7.99. The molecule has 88 valence electrons. The Labute approximate surface area is 101 Å². The van der Waals surface area contributed by atoms with Crippen molar-refractivity contribution in [2.45, 2.75) is 37.1 Å². The number of hydrogen-bond acceptors (Lipinski definition) is 3. The van der Waals surface area contributed by atoms with Gasteiger partial charge >= 0.3 is 0 Å². The van der Waals surface area contributed by atoms with Crippen molar-refractivity contribution in [3.63, 3.8) is 0 Å². The molecule has 0 radical (unpaired) electrons. The Hall–Kier alpha value is -0.510. The van der Waals surface area contributed by atoms with Gasteiger partial charge in [-0.25, -0.2) is 0 Å². The first kappa shape index (κ1) is 12.0. The summed E-state index contributed by atoms with van der Waals surface area (Å²) >= 11 is 1.87. The fourth-order valence-corrected chi connectivity index (χ4v) is 2.70. The lowest BCUT2D eigenvalue weighted by atomic mass is 10.3. The van der Waals surface area contributed by atoms with E-state index in [-0.39, 0.29) is 11.9 Å². The molecule has 3 heteroatoms. The molecule has 2 nitrogen and oxygen atoms in total. The van der Waals surface area contributed by atoms with Crippen LogP contribution < -0.4 is 0 Å². The van der Waals surface area contributed by atoms with Crippen LogP contribution in [0, 0.1) is 0 Å². The standard InChI is InChI=1S/C13H18O2S/c1-13(2)14-10-11(15-13)8-9-16-12-6-4-3-5-7-12/h3-7,11H,8-10H2,1-2H3/t11-/m0/s1. The molecule has 2 rings (SSSR count). The highest BCUT2D eigenvalue weighted by Crippen LogP contribution is 2.26. The number of rotatable bonds is 4. The van der Waals surface area contributed by atoms with Crippen molar-refractivity contribution in [2.24, 2.45) is 0 Å². The molecule has 0 N–H and O–H groups in total. The molecule has 0 amide bonds. The summed E-state index contributed by atoms with van der Waals surface area (Å²) in [5.41, 5.74) is 0. The maximum Gasteiger partial charge on any atom is 0.163 e. The van der Waals surface area contributed by atoms with Crippen LogP contribution in [0.5, 0.6) is 0 Å². The Balaban J connectivity index is 1.70. The Morgan fingerprint density at radius 1 is 1.31 bits per heavy atom. The van der Waals surface area contributed by atoms with E-state index in [2.05, 4.69) is 24.3 Å². The first-order chi connectivity index (χ1) is 7.66. The van der Waals surface area contributed by atoms with Gasteiger partial charge in [0.1, 0.15) is 0 Å². The van der Waals surface area contributed by atoms with Crippen LogP contribution >= 0.6 is 11.8 Å². The zero-order valence-electron chi connectivity index (χ0n) is 9.81. The summed E-state index contributed by atoms with van der Waals surface area (Å²) < 4.78 is 11.3. The zero-order chi connectivity index (χ0) is 11.4. The summed E-state index contributed by atoms with van der Waals surface area (Å²) in [7, 11) is 0. The molecule has 0 saturated carbocycles. The molecule has 0 aromatic heterocycles. The van der Waals surface area contributed by atoms with E-state index in [1.54, 1.807) is 0 Å². The topological polar surface area (TPSA) is 18.5 Å². The van der Waals surface area contributed by atoms with E-state index in [0.29, 0.717) is 0 Å². The first-order valence-corrected chi connectivity index (χ1v) is 6.64. The third-order valence-electron chi connectivity index (χ3n) is 2.52. The third-order valence-corrected chi connectivity index (χ3v) is 3.56. The van der Waals surface area contributed by atoms with E-state index in [4.69, 9.17) is 9.47 Å². The Morgan fingerprint density at radius 3 is 2.69 bits per heavy atom. The molecular formula is C13H18O2S. The van der Waals surface area contributed by atoms with Gasteiger partial charge < -0.3 is 9.47 Å². The van der Waals surface area contributed by atoms with Crippen molar-refractivity contribution < 1.29 is 9.47 Å². The van der Waals surface area contributed by atoms with Crippen LogP contribution in [0.2, 0.25) is 0 Å². The molecule has 0 aliphatic carbocycles. The van der Waals surface area contributed by atoms with Crippen LogP contribution in [-0.2, 0) is 9.47 Å². The smallest absolute Gasteiger partial charge is 0.163 e. The molecule has 1 fully saturated rings. The van der Waals surface area contributed by atoms with Gasteiger partial charge in [-0.2, -0.15) is 0 Å². The van der Waals surface area contributed by atoms with Crippen molar-refractivity contribution in [1.82, 2.24) is 0 Å². The van der Waals surface area contributed by atoms with Crippen molar-refractivity contribution in [2.75, 3.05) is 12.4 Å². The van der Waals surface area contributed by atoms with Crippen LogP contribution in [0.1, 0.15) is 20.3 Å². The molecule has 1 heterocycles. The van der Waals surface area contributed by atoms with E-state index in [0.717, 1.165) is 18.8 Å². The van der Waals surface area contributed by atoms with Crippen LogP contribution in [0.3, 0.4) is 0 Å². The molecule has 16 heavy (non-hydrogen) atoms. The van der Waals surface area contributed by atoms with Gasteiger partial charge in [-0.15, -0.1) is 11.8 Å². The summed E-state index contributed by atoms with van der Waals surface area (Å²) in [5.74, 6) is 0.691. The second-order valence-electron chi connectivity index (χ2n) is 4.40. The lowest BCUT2D eigenvalue weighted by molar-refractivity contribution is -0.138. The molecule has 1 aromatic carbocycles. The lowest BCUT2D eigenvalue weighted by Crippen LogP contribution is -2.21. The second-order valence-corrected chi connectivity index (χ2v) is 5.57. The van der Waals surface area contributed by atoms with Crippen LogP contribution in [0.15, 0.2) is 35.2 Å². The average Bonchev–Trinajstić information content (AvgIpc) is 2.60.